The van der Waals surface area contributed by atoms with Gasteiger partial charge < -0.3 is 10.2 Å². The summed E-state index contributed by atoms with van der Waals surface area (Å²) < 4.78 is 5.09. The Balaban J connectivity index is 3.07. The highest BCUT2D eigenvalue weighted by Crippen LogP contribution is 2.15. The number of benzene rings is 1. The van der Waals surface area contributed by atoms with E-state index in [0.29, 0.717) is 16.7 Å². The van der Waals surface area contributed by atoms with Gasteiger partial charge in [-0.15, -0.1) is 0 Å². The summed E-state index contributed by atoms with van der Waals surface area (Å²) in [7, 11) is 0. The lowest BCUT2D eigenvalue weighted by Gasteiger charge is -1.97. The van der Waals surface area contributed by atoms with Crippen LogP contribution < -0.4 is 11.2 Å². The fraction of sp³-hybridized carbons (Fsp3) is 0. The minimum absolute atomic E-state index is 0.102. The molecule has 0 fully saturated rings. The molecular weight excluding hydrogens is 154 g/mol. The van der Waals surface area contributed by atoms with Crippen molar-refractivity contribution >= 4 is 16.7 Å². The summed E-state index contributed by atoms with van der Waals surface area (Å²) in [5.74, 6) is 0. The Morgan fingerprint density at radius 1 is 1.25 bits per heavy atom. The van der Waals surface area contributed by atoms with E-state index in [-0.39, 0.29) is 5.43 Å². The summed E-state index contributed by atoms with van der Waals surface area (Å²) in [6, 6.07) is 6.51. The zero-order chi connectivity index (χ0) is 8.55. The lowest BCUT2D eigenvalue weighted by molar-refractivity contribution is 0.603. The molecule has 2 N–H and O–H groups in total. The maximum atomic E-state index is 11.3. The average molecular weight is 161 g/mol. The molecule has 12 heavy (non-hydrogen) atoms. The monoisotopic (exact) mass is 161 g/mol. The van der Waals surface area contributed by atoms with Gasteiger partial charge in [-0.05, 0) is 12.1 Å². The van der Waals surface area contributed by atoms with Crippen LogP contribution in [0.25, 0.3) is 11.0 Å². The SMILES string of the molecule is Nc1cccc2occc(=O)c12. The largest absolute Gasteiger partial charge is 0.464 e. The molecule has 2 rings (SSSR count). The van der Waals surface area contributed by atoms with Crippen molar-refractivity contribution in [3.05, 3.63) is 40.8 Å². The molecule has 0 aliphatic carbocycles. The van der Waals surface area contributed by atoms with Gasteiger partial charge in [0.2, 0.25) is 0 Å². The number of nitrogens with two attached hydrogens (primary N) is 1. The highest BCUT2D eigenvalue weighted by Gasteiger charge is 2.01. The molecule has 1 heterocycles. The highest BCUT2D eigenvalue weighted by molar-refractivity contribution is 5.88. The van der Waals surface area contributed by atoms with Crippen molar-refractivity contribution in [1.29, 1.82) is 0 Å². The molecule has 0 atom stereocenters. The summed E-state index contributed by atoms with van der Waals surface area (Å²) >= 11 is 0. The van der Waals surface area contributed by atoms with E-state index >= 15 is 0 Å². The van der Waals surface area contributed by atoms with Crippen LogP contribution in [0.3, 0.4) is 0 Å². The maximum absolute atomic E-state index is 11.3. The average Bonchev–Trinajstić information content (AvgIpc) is 2.04. The zero-order valence-corrected chi connectivity index (χ0v) is 6.28. The first-order valence-corrected chi connectivity index (χ1v) is 3.55. The Hall–Kier alpha value is -1.77. The molecule has 0 radical (unpaired) electrons. The van der Waals surface area contributed by atoms with E-state index in [1.54, 1.807) is 18.2 Å². The van der Waals surface area contributed by atoms with Crippen molar-refractivity contribution in [2.45, 2.75) is 0 Å². The normalized spacial score (nSPS) is 10.3. The molecule has 60 valence electrons. The van der Waals surface area contributed by atoms with Crippen LogP contribution in [0.1, 0.15) is 0 Å². The fourth-order valence-electron chi connectivity index (χ4n) is 1.16. The second-order valence-electron chi connectivity index (χ2n) is 2.51. The van der Waals surface area contributed by atoms with Crippen LogP contribution in [0.4, 0.5) is 5.69 Å². The molecule has 3 heteroatoms. The Morgan fingerprint density at radius 3 is 2.83 bits per heavy atom. The van der Waals surface area contributed by atoms with Crippen molar-refractivity contribution in [2.75, 3.05) is 5.73 Å². The third kappa shape index (κ3) is 0.871. The predicted molar refractivity (Wildman–Crippen MR) is 46.9 cm³/mol. The Kier molecular flexibility index (Phi) is 1.37. The molecule has 0 spiro atoms. The van der Waals surface area contributed by atoms with E-state index < -0.39 is 0 Å². The van der Waals surface area contributed by atoms with Crippen LogP contribution >= 0.6 is 0 Å². The van der Waals surface area contributed by atoms with Gasteiger partial charge in [0, 0.05) is 11.8 Å². The van der Waals surface area contributed by atoms with Gasteiger partial charge in [-0.1, -0.05) is 6.07 Å². The molecule has 1 aromatic heterocycles. The second-order valence-corrected chi connectivity index (χ2v) is 2.51. The first kappa shape index (κ1) is 6.91. The Morgan fingerprint density at radius 2 is 2.08 bits per heavy atom. The molecule has 0 saturated carbocycles. The number of hydrogen-bond acceptors (Lipinski definition) is 3. The zero-order valence-electron chi connectivity index (χ0n) is 6.28. The van der Waals surface area contributed by atoms with Crippen LogP contribution in [0.15, 0.2) is 39.7 Å². The van der Waals surface area contributed by atoms with Crippen molar-refractivity contribution in [3.8, 4) is 0 Å². The first-order valence-electron chi connectivity index (χ1n) is 3.55. The molecule has 3 nitrogen and oxygen atoms in total. The van der Waals surface area contributed by atoms with Crippen LogP contribution in [0.2, 0.25) is 0 Å². The molecule has 0 aliphatic heterocycles. The van der Waals surface area contributed by atoms with Gasteiger partial charge in [-0.25, -0.2) is 0 Å². The minimum Gasteiger partial charge on any atom is -0.464 e. The van der Waals surface area contributed by atoms with Crippen molar-refractivity contribution in [3.63, 3.8) is 0 Å². The smallest absolute Gasteiger partial charge is 0.194 e. The Bertz CT molecular complexity index is 468. The quantitative estimate of drug-likeness (QED) is 0.594. The molecule has 0 aliphatic rings. The number of fused-ring (bicyclic) bond motifs is 1. The third-order valence-corrected chi connectivity index (χ3v) is 1.72. The van der Waals surface area contributed by atoms with Gasteiger partial charge in [0.05, 0.1) is 11.6 Å². The summed E-state index contributed by atoms with van der Waals surface area (Å²) in [5, 5.41) is 0.458. The van der Waals surface area contributed by atoms with Crippen LogP contribution in [-0.4, -0.2) is 0 Å². The standard InChI is InChI=1S/C9H7NO2/c10-6-2-1-3-8-9(6)7(11)4-5-12-8/h1-5H,10H2. The first-order chi connectivity index (χ1) is 5.79. The van der Waals surface area contributed by atoms with E-state index in [1.807, 2.05) is 0 Å². The highest BCUT2D eigenvalue weighted by atomic mass is 16.3. The van der Waals surface area contributed by atoms with Gasteiger partial charge in [0.25, 0.3) is 0 Å². The van der Waals surface area contributed by atoms with Gasteiger partial charge in [0.1, 0.15) is 5.58 Å². The minimum atomic E-state index is -0.102. The summed E-state index contributed by atoms with van der Waals surface area (Å²) in [4.78, 5) is 11.3. The van der Waals surface area contributed by atoms with Gasteiger partial charge >= 0.3 is 0 Å². The van der Waals surface area contributed by atoms with Crippen LogP contribution in [0, 0.1) is 0 Å². The maximum Gasteiger partial charge on any atom is 0.194 e. The van der Waals surface area contributed by atoms with Gasteiger partial charge in [-0.3, -0.25) is 4.79 Å². The lowest BCUT2D eigenvalue weighted by atomic mass is 10.2. The van der Waals surface area contributed by atoms with Gasteiger partial charge in [-0.2, -0.15) is 0 Å². The van der Waals surface area contributed by atoms with Crippen molar-refractivity contribution in [1.82, 2.24) is 0 Å². The van der Waals surface area contributed by atoms with E-state index in [1.165, 1.54) is 12.3 Å². The third-order valence-electron chi connectivity index (χ3n) is 1.72. The van der Waals surface area contributed by atoms with Crippen molar-refractivity contribution < 1.29 is 4.42 Å². The summed E-state index contributed by atoms with van der Waals surface area (Å²) in [6.07, 6.45) is 1.37. The second kappa shape index (κ2) is 2.37. The summed E-state index contributed by atoms with van der Waals surface area (Å²) in [6.45, 7) is 0. The summed E-state index contributed by atoms with van der Waals surface area (Å²) in [5.41, 5.74) is 6.48. The Labute approximate surface area is 68.4 Å². The number of hydrogen-bond donors (Lipinski definition) is 1. The van der Waals surface area contributed by atoms with E-state index in [2.05, 4.69) is 0 Å². The van der Waals surface area contributed by atoms with Gasteiger partial charge in [0.15, 0.2) is 5.43 Å². The topological polar surface area (TPSA) is 56.2 Å². The number of nitrogen functional groups attached to an aromatic ring is 1. The van der Waals surface area contributed by atoms with Crippen LogP contribution in [-0.2, 0) is 0 Å². The molecule has 0 bridgehead atoms. The van der Waals surface area contributed by atoms with E-state index in [9.17, 15) is 4.79 Å². The van der Waals surface area contributed by atoms with Crippen molar-refractivity contribution in [2.24, 2.45) is 0 Å². The number of rotatable bonds is 0. The molecule has 2 aromatic rings. The molecule has 0 saturated heterocycles. The molecule has 0 unspecified atom stereocenters. The molecule has 1 aromatic carbocycles. The number of anilines is 1. The molecular formula is C9H7NO2. The van der Waals surface area contributed by atoms with E-state index in [4.69, 9.17) is 10.2 Å². The molecule has 0 amide bonds. The fourth-order valence-corrected chi connectivity index (χ4v) is 1.16. The van der Waals surface area contributed by atoms with E-state index in [0.717, 1.165) is 0 Å². The lowest BCUT2D eigenvalue weighted by Crippen LogP contribution is -2.01. The van der Waals surface area contributed by atoms with Crippen LogP contribution in [0.5, 0.6) is 0 Å². The predicted octanol–water partition coefficient (Wildman–Crippen LogP) is 1.38.